The number of nitriles is 1. The van der Waals surface area contributed by atoms with E-state index in [4.69, 9.17) is 10.00 Å². The molecule has 72 valence electrons. The first-order valence-corrected chi connectivity index (χ1v) is 4.82. The summed E-state index contributed by atoms with van der Waals surface area (Å²) < 4.78 is 5.23. The van der Waals surface area contributed by atoms with Crippen LogP contribution < -0.4 is 5.43 Å². The average Bonchev–Trinajstić information content (AvgIpc) is 2.97. The van der Waals surface area contributed by atoms with Gasteiger partial charge >= 0.3 is 0 Å². The molecule has 1 aliphatic heterocycles. The van der Waals surface area contributed by atoms with Crippen LogP contribution in [0.2, 0.25) is 0 Å². The standard InChI is InChI=1S/C9H15N3O/c10-7-9(1-2-9)8-11-12-3-5-13-6-4-12/h11H,1-6,8H2. The van der Waals surface area contributed by atoms with Gasteiger partial charge in [0, 0.05) is 19.6 Å². The van der Waals surface area contributed by atoms with Gasteiger partial charge in [0.05, 0.1) is 24.7 Å². The van der Waals surface area contributed by atoms with Crippen molar-refractivity contribution in [2.45, 2.75) is 12.8 Å². The van der Waals surface area contributed by atoms with Crippen molar-refractivity contribution in [3.63, 3.8) is 0 Å². The molecule has 2 aliphatic rings. The summed E-state index contributed by atoms with van der Waals surface area (Å²) in [6.07, 6.45) is 2.11. The van der Waals surface area contributed by atoms with E-state index in [0.717, 1.165) is 45.7 Å². The quantitative estimate of drug-likeness (QED) is 0.672. The molecule has 0 bridgehead atoms. The number of hydrogen-bond acceptors (Lipinski definition) is 4. The minimum absolute atomic E-state index is 0.0433. The molecule has 13 heavy (non-hydrogen) atoms. The first-order chi connectivity index (χ1) is 6.35. The maximum absolute atomic E-state index is 8.85. The lowest BCUT2D eigenvalue weighted by molar-refractivity contribution is 0.00990. The van der Waals surface area contributed by atoms with Crippen LogP contribution in [-0.4, -0.2) is 37.9 Å². The Morgan fingerprint density at radius 3 is 2.62 bits per heavy atom. The Balaban J connectivity index is 1.70. The molecule has 1 saturated carbocycles. The highest BCUT2D eigenvalue weighted by molar-refractivity contribution is 5.10. The molecule has 0 atom stereocenters. The Labute approximate surface area is 78.4 Å². The fourth-order valence-electron chi connectivity index (χ4n) is 1.46. The summed E-state index contributed by atoms with van der Waals surface area (Å²) in [7, 11) is 0. The molecular formula is C9H15N3O. The topological polar surface area (TPSA) is 48.3 Å². The maximum Gasteiger partial charge on any atom is 0.0713 e. The van der Waals surface area contributed by atoms with Crippen molar-refractivity contribution < 1.29 is 4.74 Å². The molecule has 0 aromatic carbocycles. The smallest absolute Gasteiger partial charge is 0.0713 e. The van der Waals surface area contributed by atoms with Gasteiger partial charge in [0.1, 0.15) is 0 Å². The lowest BCUT2D eigenvalue weighted by Gasteiger charge is -2.28. The number of nitrogens with zero attached hydrogens (tertiary/aromatic N) is 2. The van der Waals surface area contributed by atoms with E-state index in [2.05, 4.69) is 16.5 Å². The molecule has 2 rings (SSSR count). The highest BCUT2D eigenvalue weighted by Gasteiger charge is 2.43. The largest absolute Gasteiger partial charge is 0.379 e. The number of ether oxygens (including phenoxy) is 1. The summed E-state index contributed by atoms with van der Waals surface area (Å²) in [6, 6.07) is 2.37. The fraction of sp³-hybridized carbons (Fsp3) is 0.889. The molecule has 1 N–H and O–H groups in total. The first kappa shape index (κ1) is 8.95. The van der Waals surface area contributed by atoms with Crippen molar-refractivity contribution in [1.29, 1.82) is 5.26 Å². The van der Waals surface area contributed by atoms with Crippen molar-refractivity contribution in [3.8, 4) is 6.07 Å². The Morgan fingerprint density at radius 1 is 1.38 bits per heavy atom. The third-order valence-corrected chi connectivity index (χ3v) is 2.74. The van der Waals surface area contributed by atoms with Crippen molar-refractivity contribution in [1.82, 2.24) is 10.4 Å². The zero-order valence-corrected chi connectivity index (χ0v) is 7.75. The second kappa shape index (κ2) is 3.62. The number of nitrogens with one attached hydrogen (secondary N) is 1. The van der Waals surface area contributed by atoms with Gasteiger partial charge in [-0.1, -0.05) is 0 Å². The summed E-state index contributed by atoms with van der Waals surface area (Å²) in [5.41, 5.74) is 3.26. The number of rotatable bonds is 3. The third-order valence-electron chi connectivity index (χ3n) is 2.74. The fourth-order valence-corrected chi connectivity index (χ4v) is 1.46. The predicted octanol–water partition coefficient (Wildman–Crippen LogP) is 0.127. The Morgan fingerprint density at radius 2 is 2.08 bits per heavy atom. The molecule has 1 heterocycles. The van der Waals surface area contributed by atoms with E-state index < -0.39 is 0 Å². The molecule has 2 fully saturated rings. The van der Waals surface area contributed by atoms with E-state index in [0.29, 0.717) is 0 Å². The highest BCUT2D eigenvalue weighted by Crippen LogP contribution is 2.44. The lowest BCUT2D eigenvalue weighted by atomic mass is 10.1. The Kier molecular flexibility index (Phi) is 2.49. The van der Waals surface area contributed by atoms with Gasteiger partial charge < -0.3 is 4.74 Å². The van der Waals surface area contributed by atoms with Crippen LogP contribution in [0.5, 0.6) is 0 Å². The van der Waals surface area contributed by atoms with Crippen LogP contribution in [0.1, 0.15) is 12.8 Å². The van der Waals surface area contributed by atoms with Crippen LogP contribution in [0.4, 0.5) is 0 Å². The second-order valence-corrected chi connectivity index (χ2v) is 3.83. The zero-order valence-electron chi connectivity index (χ0n) is 7.75. The molecule has 4 heteroatoms. The number of hydrogen-bond donors (Lipinski definition) is 1. The molecule has 0 amide bonds. The highest BCUT2D eigenvalue weighted by atomic mass is 16.5. The molecule has 0 unspecified atom stereocenters. The summed E-state index contributed by atoms with van der Waals surface area (Å²) >= 11 is 0. The van der Waals surface area contributed by atoms with Crippen molar-refractivity contribution in [2.75, 3.05) is 32.8 Å². The van der Waals surface area contributed by atoms with Crippen LogP contribution in [0, 0.1) is 16.7 Å². The van der Waals surface area contributed by atoms with Gasteiger partial charge in [0.2, 0.25) is 0 Å². The normalized spacial score (nSPS) is 26.7. The van der Waals surface area contributed by atoms with Gasteiger partial charge in [0.25, 0.3) is 0 Å². The van der Waals surface area contributed by atoms with Gasteiger partial charge in [-0.05, 0) is 12.8 Å². The molecular weight excluding hydrogens is 166 g/mol. The molecule has 1 saturated heterocycles. The predicted molar refractivity (Wildman–Crippen MR) is 47.7 cm³/mol. The first-order valence-electron chi connectivity index (χ1n) is 4.82. The van der Waals surface area contributed by atoms with E-state index in [1.807, 2.05) is 0 Å². The minimum atomic E-state index is -0.0433. The number of morpholine rings is 1. The molecule has 0 aromatic heterocycles. The Hall–Kier alpha value is -0.630. The Bertz CT molecular complexity index is 213. The monoisotopic (exact) mass is 181 g/mol. The third kappa shape index (κ3) is 2.19. The van der Waals surface area contributed by atoms with E-state index in [9.17, 15) is 0 Å². The second-order valence-electron chi connectivity index (χ2n) is 3.83. The van der Waals surface area contributed by atoms with E-state index in [-0.39, 0.29) is 5.41 Å². The van der Waals surface area contributed by atoms with E-state index in [1.54, 1.807) is 0 Å². The zero-order chi connectivity index (χ0) is 9.15. The molecule has 4 nitrogen and oxygen atoms in total. The number of hydrazine groups is 1. The molecule has 0 spiro atoms. The molecule has 1 aliphatic carbocycles. The summed E-state index contributed by atoms with van der Waals surface area (Å²) in [5.74, 6) is 0. The summed E-state index contributed by atoms with van der Waals surface area (Å²) in [5, 5.41) is 11.0. The van der Waals surface area contributed by atoms with Gasteiger partial charge in [0.15, 0.2) is 0 Å². The average molecular weight is 181 g/mol. The summed E-state index contributed by atoms with van der Waals surface area (Å²) in [4.78, 5) is 0. The van der Waals surface area contributed by atoms with Crippen molar-refractivity contribution in [2.24, 2.45) is 5.41 Å². The van der Waals surface area contributed by atoms with Gasteiger partial charge in [-0.2, -0.15) is 5.26 Å². The van der Waals surface area contributed by atoms with Crippen LogP contribution in [0.15, 0.2) is 0 Å². The molecule has 0 aromatic rings. The van der Waals surface area contributed by atoms with Gasteiger partial charge in [-0.15, -0.1) is 0 Å². The summed E-state index contributed by atoms with van der Waals surface area (Å²) in [6.45, 7) is 4.27. The van der Waals surface area contributed by atoms with Gasteiger partial charge in [-0.25, -0.2) is 5.01 Å². The maximum atomic E-state index is 8.85. The minimum Gasteiger partial charge on any atom is -0.379 e. The van der Waals surface area contributed by atoms with Crippen LogP contribution >= 0.6 is 0 Å². The molecule has 0 radical (unpaired) electrons. The van der Waals surface area contributed by atoms with Gasteiger partial charge in [-0.3, -0.25) is 5.43 Å². The van der Waals surface area contributed by atoms with E-state index >= 15 is 0 Å². The lowest BCUT2D eigenvalue weighted by Crippen LogP contribution is -2.47. The van der Waals surface area contributed by atoms with Crippen molar-refractivity contribution in [3.05, 3.63) is 0 Å². The van der Waals surface area contributed by atoms with Crippen LogP contribution in [0.3, 0.4) is 0 Å². The van der Waals surface area contributed by atoms with Crippen LogP contribution in [0.25, 0.3) is 0 Å². The van der Waals surface area contributed by atoms with Crippen molar-refractivity contribution >= 4 is 0 Å². The van der Waals surface area contributed by atoms with E-state index in [1.165, 1.54) is 0 Å². The SMILES string of the molecule is N#CC1(CNN2CCOCC2)CC1. The van der Waals surface area contributed by atoms with Crippen LogP contribution in [-0.2, 0) is 4.74 Å².